The van der Waals surface area contributed by atoms with Crippen LogP contribution in [0.1, 0.15) is 60.7 Å². The molecule has 112 valence electrons. The zero-order chi connectivity index (χ0) is 14.7. The highest BCUT2D eigenvalue weighted by atomic mass is 32.1. The van der Waals surface area contributed by atoms with Crippen LogP contribution in [-0.2, 0) is 4.74 Å². The Kier molecular flexibility index (Phi) is 5.05. The summed E-state index contributed by atoms with van der Waals surface area (Å²) in [4.78, 5) is 12.7. The maximum Gasteiger partial charge on any atom is 0.174 e. The molecule has 1 fully saturated rings. The van der Waals surface area contributed by atoms with Gasteiger partial charge in [0.05, 0.1) is 22.2 Å². The fraction of sp³-hybridized carbons (Fsp3) is 0.667. The number of rotatable bonds is 8. The van der Waals surface area contributed by atoms with E-state index < -0.39 is 0 Å². The highest BCUT2D eigenvalue weighted by molar-refractivity contribution is 7.18. The summed E-state index contributed by atoms with van der Waals surface area (Å²) in [6, 6.07) is 0.264. The van der Waals surface area contributed by atoms with Crippen molar-refractivity contribution in [1.82, 2.24) is 0 Å². The maximum atomic E-state index is 12.0. The minimum Gasteiger partial charge on any atom is -0.397 e. The third-order valence-electron chi connectivity index (χ3n) is 3.74. The van der Waals surface area contributed by atoms with E-state index in [4.69, 9.17) is 10.5 Å². The zero-order valence-electron chi connectivity index (χ0n) is 12.5. The first-order valence-electron chi connectivity index (χ1n) is 7.33. The van der Waals surface area contributed by atoms with E-state index in [-0.39, 0.29) is 11.8 Å². The Labute approximate surface area is 124 Å². The molecule has 20 heavy (non-hydrogen) atoms. The van der Waals surface area contributed by atoms with Crippen LogP contribution in [0.15, 0.2) is 0 Å². The second kappa shape index (κ2) is 6.59. The largest absolute Gasteiger partial charge is 0.397 e. The Morgan fingerprint density at radius 2 is 2.20 bits per heavy atom. The van der Waals surface area contributed by atoms with E-state index in [2.05, 4.69) is 12.2 Å². The first-order valence-corrected chi connectivity index (χ1v) is 8.14. The molecule has 0 spiro atoms. The van der Waals surface area contributed by atoms with E-state index in [0.29, 0.717) is 24.6 Å². The normalized spacial score (nSPS) is 16.1. The lowest BCUT2D eigenvalue weighted by Gasteiger charge is -2.17. The Morgan fingerprint density at radius 3 is 2.70 bits per heavy atom. The monoisotopic (exact) mass is 296 g/mol. The molecule has 0 aliphatic heterocycles. The van der Waals surface area contributed by atoms with Crippen molar-refractivity contribution in [1.29, 1.82) is 0 Å². The number of hydrogen-bond donors (Lipinski definition) is 2. The predicted molar refractivity (Wildman–Crippen MR) is 84.9 cm³/mol. The number of anilines is 2. The van der Waals surface area contributed by atoms with Gasteiger partial charge in [-0.3, -0.25) is 4.79 Å². The Balaban J connectivity index is 2.28. The molecule has 1 unspecified atom stereocenters. The Hall–Kier alpha value is -1.07. The molecule has 1 aromatic heterocycles. The van der Waals surface area contributed by atoms with Crippen LogP contribution in [0.25, 0.3) is 0 Å². The molecule has 0 aromatic carbocycles. The lowest BCUT2D eigenvalue weighted by atomic mass is 10.1. The fourth-order valence-electron chi connectivity index (χ4n) is 2.36. The summed E-state index contributed by atoms with van der Waals surface area (Å²) in [5, 5.41) is 4.60. The van der Waals surface area contributed by atoms with Crippen molar-refractivity contribution < 1.29 is 9.53 Å². The molecule has 0 amide bonds. The number of methoxy groups -OCH3 is 1. The lowest BCUT2D eigenvalue weighted by Crippen LogP contribution is -2.23. The van der Waals surface area contributed by atoms with Crippen molar-refractivity contribution in [2.24, 2.45) is 0 Å². The summed E-state index contributed by atoms with van der Waals surface area (Å²) in [6.45, 7) is 4.67. The van der Waals surface area contributed by atoms with Gasteiger partial charge in [0.25, 0.3) is 0 Å². The van der Waals surface area contributed by atoms with E-state index in [1.54, 1.807) is 7.11 Å². The van der Waals surface area contributed by atoms with E-state index >= 15 is 0 Å². The van der Waals surface area contributed by atoms with Crippen molar-refractivity contribution in [3.05, 3.63) is 10.4 Å². The summed E-state index contributed by atoms with van der Waals surface area (Å²) >= 11 is 1.52. The third-order valence-corrected chi connectivity index (χ3v) is 4.93. The zero-order valence-corrected chi connectivity index (χ0v) is 13.3. The molecule has 1 atom stereocenters. The number of ether oxygens (including phenoxy) is 1. The van der Waals surface area contributed by atoms with Crippen LogP contribution < -0.4 is 11.1 Å². The number of nitrogens with two attached hydrogens (primary N) is 1. The number of nitrogens with one attached hydrogen (secondary N) is 1. The molecule has 1 saturated carbocycles. The molecule has 0 radical (unpaired) electrons. The minimum atomic E-state index is 0.141. The van der Waals surface area contributed by atoms with Gasteiger partial charge in [0.2, 0.25) is 0 Å². The number of ketones is 1. The molecule has 0 bridgehead atoms. The topological polar surface area (TPSA) is 64.3 Å². The number of carbonyl (C=O) groups is 1. The number of Topliss-reactive ketones (excluding diaryl/α,β-unsaturated/α-hetero) is 1. The predicted octanol–water partition coefficient (Wildman–Crippen LogP) is 3.64. The number of thiophene rings is 1. The van der Waals surface area contributed by atoms with Crippen LogP contribution in [0.5, 0.6) is 0 Å². The molecule has 1 aliphatic rings. The van der Waals surface area contributed by atoms with Crippen molar-refractivity contribution in [3.8, 4) is 0 Å². The Bertz CT molecular complexity index is 480. The van der Waals surface area contributed by atoms with Gasteiger partial charge in [0.1, 0.15) is 0 Å². The second-order valence-corrected chi connectivity index (χ2v) is 6.36. The van der Waals surface area contributed by atoms with Gasteiger partial charge < -0.3 is 15.8 Å². The molecule has 5 heteroatoms. The van der Waals surface area contributed by atoms with Crippen LogP contribution in [0.3, 0.4) is 0 Å². The number of hydrogen-bond acceptors (Lipinski definition) is 5. The van der Waals surface area contributed by atoms with Gasteiger partial charge in [-0.2, -0.15) is 0 Å². The van der Waals surface area contributed by atoms with Gasteiger partial charge in [-0.05, 0) is 25.2 Å². The smallest absolute Gasteiger partial charge is 0.174 e. The highest BCUT2D eigenvalue weighted by Crippen LogP contribution is 2.51. The summed E-state index contributed by atoms with van der Waals surface area (Å²) in [6.07, 6.45) is 3.84. The lowest BCUT2D eigenvalue weighted by molar-refractivity contribution is 0.0993. The number of carbonyl (C=O) groups excluding carboxylic acids is 1. The summed E-state index contributed by atoms with van der Waals surface area (Å²) in [7, 11) is 1.71. The molecule has 0 saturated heterocycles. The summed E-state index contributed by atoms with van der Waals surface area (Å²) in [5.74, 6) is 0.675. The number of nitrogen functional groups attached to an aromatic ring is 1. The van der Waals surface area contributed by atoms with E-state index in [0.717, 1.165) is 16.3 Å². The first kappa shape index (κ1) is 15.3. The molecule has 2 rings (SSSR count). The first-order chi connectivity index (χ1) is 9.62. The molecule has 3 N–H and O–H groups in total. The average Bonchev–Trinajstić information content (AvgIpc) is 3.22. The van der Waals surface area contributed by atoms with Gasteiger partial charge in [-0.15, -0.1) is 11.3 Å². The minimum absolute atomic E-state index is 0.141. The van der Waals surface area contributed by atoms with E-state index in [9.17, 15) is 4.79 Å². The maximum absolute atomic E-state index is 12.0. The van der Waals surface area contributed by atoms with Gasteiger partial charge in [-0.25, -0.2) is 0 Å². The van der Waals surface area contributed by atoms with Crippen molar-refractivity contribution in [3.63, 3.8) is 0 Å². The van der Waals surface area contributed by atoms with Crippen molar-refractivity contribution >= 4 is 27.8 Å². The van der Waals surface area contributed by atoms with Crippen molar-refractivity contribution in [2.75, 3.05) is 24.8 Å². The molecule has 1 aliphatic carbocycles. The standard InChI is InChI=1S/C15H24N2O2S/c1-4-10(8-19-3)17-15-12(9-6-7-9)13(16)14(20-15)11(18)5-2/h9-10,17H,4-8,16H2,1-3H3. The highest BCUT2D eigenvalue weighted by Gasteiger charge is 2.33. The molecule has 4 nitrogen and oxygen atoms in total. The van der Waals surface area contributed by atoms with Crippen LogP contribution in [0, 0.1) is 0 Å². The van der Waals surface area contributed by atoms with Crippen LogP contribution in [0.2, 0.25) is 0 Å². The van der Waals surface area contributed by atoms with Crippen LogP contribution in [0.4, 0.5) is 10.7 Å². The Morgan fingerprint density at radius 1 is 1.50 bits per heavy atom. The van der Waals surface area contributed by atoms with Gasteiger partial charge in [0, 0.05) is 25.1 Å². The van der Waals surface area contributed by atoms with E-state index in [1.807, 2.05) is 6.92 Å². The SMILES string of the molecule is CCC(=O)c1sc(NC(CC)COC)c(C2CC2)c1N. The van der Waals surface area contributed by atoms with Gasteiger partial charge in [-0.1, -0.05) is 13.8 Å². The van der Waals surface area contributed by atoms with Gasteiger partial charge >= 0.3 is 0 Å². The third kappa shape index (κ3) is 3.15. The molecular formula is C15H24N2O2S. The second-order valence-electron chi connectivity index (χ2n) is 5.34. The fourth-order valence-corrected chi connectivity index (χ4v) is 3.65. The van der Waals surface area contributed by atoms with Crippen molar-refractivity contribution in [2.45, 2.75) is 51.5 Å². The quantitative estimate of drug-likeness (QED) is 0.719. The summed E-state index contributed by atoms with van der Waals surface area (Å²) < 4.78 is 5.23. The van der Waals surface area contributed by atoms with Crippen LogP contribution in [-0.4, -0.2) is 25.5 Å². The average molecular weight is 296 g/mol. The van der Waals surface area contributed by atoms with Crippen LogP contribution >= 0.6 is 11.3 Å². The molecule has 1 aromatic rings. The molecular weight excluding hydrogens is 272 g/mol. The van der Waals surface area contributed by atoms with Gasteiger partial charge in [0.15, 0.2) is 5.78 Å². The molecule has 1 heterocycles. The summed E-state index contributed by atoms with van der Waals surface area (Å²) in [5.41, 5.74) is 8.11. The van der Waals surface area contributed by atoms with E-state index in [1.165, 1.54) is 29.7 Å².